The zero-order chi connectivity index (χ0) is 24.0. The lowest BCUT2D eigenvalue weighted by Crippen LogP contribution is -2.49. The van der Waals surface area contributed by atoms with E-state index < -0.39 is 0 Å². The van der Waals surface area contributed by atoms with E-state index in [1.165, 1.54) is 0 Å². The molecule has 1 heterocycles. The lowest BCUT2D eigenvalue weighted by Gasteiger charge is -2.37. The van der Waals surface area contributed by atoms with Crippen molar-refractivity contribution in [3.8, 4) is 5.75 Å². The van der Waals surface area contributed by atoms with Crippen molar-refractivity contribution < 1.29 is 14.3 Å². The van der Waals surface area contributed by atoms with Crippen LogP contribution >= 0.6 is 23.8 Å². The van der Waals surface area contributed by atoms with Gasteiger partial charge < -0.3 is 19.9 Å². The molecule has 2 N–H and O–H groups in total. The number of nitrogens with zero attached hydrogens (tertiary/aromatic N) is 2. The Balaban J connectivity index is 1.51. The van der Waals surface area contributed by atoms with Gasteiger partial charge in [-0.05, 0) is 61.6 Å². The maximum Gasteiger partial charge on any atom is 0.257 e. The molecule has 0 unspecified atom stereocenters. The first kappa shape index (κ1) is 24.8. The van der Waals surface area contributed by atoms with Gasteiger partial charge in [0.1, 0.15) is 5.75 Å². The second-order valence-electron chi connectivity index (χ2n) is 8.00. The van der Waals surface area contributed by atoms with Gasteiger partial charge in [-0.3, -0.25) is 14.9 Å². The monoisotopic (exact) mass is 488 g/mol. The van der Waals surface area contributed by atoms with Crippen molar-refractivity contribution in [3.05, 3.63) is 53.1 Å². The SMILES string of the molecule is CCOc1ccc(C(=O)NC(=S)Nc2ccc(N3CCN(C(=O)C(C)C)CC3)cc2)cc1Cl. The number of carbonyl (C=O) groups is 2. The Bertz CT molecular complexity index is 1010. The van der Waals surface area contributed by atoms with Gasteiger partial charge in [-0.15, -0.1) is 0 Å². The van der Waals surface area contributed by atoms with Crippen LogP contribution in [0.3, 0.4) is 0 Å². The van der Waals surface area contributed by atoms with Crippen LogP contribution in [0.1, 0.15) is 31.1 Å². The van der Waals surface area contributed by atoms with Gasteiger partial charge in [0.15, 0.2) is 5.11 Å². The number of halogens is 1. The lowest BCUT2D eigenvalue weighted by molar-refractivity contribution is -0.134. The highest BCUT2D eigenvalue weighted by atomic mass is 35.5. The number of hydrogen-bond acceptors (Lipinski definition) is 5. The first-order chi connectivity index (χ1) is 15.8. The summed E-state index contributed by atoms with van der Waals surface area (Å²) < 4.78 is 5.39. The topological polar surface area (TPSA) is 73.9 Å². The molecule has 1 fully saturated rings. The van der Waals surface area contributed by atoms with Crippen LogP contribution in [-0.4, -0.2) is 54.6 Å². The zero-order valence-electron chi connectivity index (χ0n) is 19.1. The van der Waals surface area contributed by atoms with E-state index in [1.54, 1.807) is 18.2 Å². The van der Waals surface area contributed by atoms with E-state index in [4.69, 9.17) is 28.6 Å². The molecule has 0 bridgehead atoms. The molecule has 0 saturated carbocycles. The largest absolute Gasteiger partial charge is 0.492 e. The summed E-state index contributed by atoms with van der Waals surface area (Å²) in [6, 6.07) is 12.7. The normalized spacial score (nSPS) is 13.6. The van der Waals surface area contributed by atoms with Crippen molar-refractivity contribution in [2.75, 3.05) is 43.0 Å². The zero-order valence-corrected chi connectivity index (χ0v) is 20.6. The lowest BCUT2D eigenvalue weighted by atomic mass is 10.1. The third-order valence-electron chi connectivity index (χ3n) is 5.30. The Kier molecular flexibility index (Phi) is 8.52. The molecular formula is C24H29ClN4O3S. The molecule has 0 spiro atoms. The number of ether oxygens (including phenoxy) is 1. The summed E-state index contributed by atoms with van der Waals surface area (Å²) in [5.74, 6) is 0.405. The minimum absolute atomic E-state index is 0.0256. The average Bonchev–Trinajstić information content (AvgIpc) is 2.80. The average molecular weight is 489 g/mol. The Morgan fingerprint density at radius 1 is 1.09 bits per heavy atom. The summed E-state index contributed by atoms with van der Waals surface area (Å²) in [4.78, 5) is 28.8. The second-order valence-corrected chi connectivity index (χ2v) is 8.82. The second kappa shape index (κ2) is 11.3. The van der Waals surface area contributed by atoms with Crippen LogP contribution in [0.15, 0.2) is 42.5 Å². The standard InChI is InChI=1S/C24H29ClN4O3S/c1-4-32-21-10-5-17(15-20(21)25)22(30)27-24(33)26-18-6-8-19(9-7-18)28-11-13-29(14-12-28)23(31)16(2)3/h5-10,15-16H,4,11-14H2,1-3H3,(H2,26,27,30,33). The molecule has 0 radical (unpaired) electrons. The molecule has 2 aromatic carbocycles. The predicted octanol–water partition coefficient (Wildman–Crippen LogP) is 4.17. The minimum Gasteiger partial charge on any atom is -0.492 e. The summed E-state index contributed by atoms with van der Waals surface area (Å²) in [5, 5.41) is 6.25. The number of piperazine rings is 1. The van der Waals surface area contributed by atoms with E-state index in [0.29, 0.717) is 22.9 Å². The van der Waals surface area contributed by atoms with E-state index in [0.717, 1.165) is 37.6 Å². The van der Waals surface area contributed by atoms with E-state index in [9.17, 15) is 9.59 Å². The molecule has 33 heavy (non-hydrogen) atoms. The van der Waals surface area contributed by atoms with Crippen molar-refractivity contribution in [2.24, 2.45) is 5.92 Å². The van der Waals surface area contributed by atoms with E-state index in [2.05, 4.69) is 15.5 Å². The van der Waals surface area contributed by atoms with Crippen molar-refractivity contribution >= 4 is 52.1 Å². The Morgan fingerprint density at radius 2 is 1.76 bits per heavy atom. The van der Waals surface area contributed by atoms with Gasteiger partial charge in [0, 0.05) is 49.0 Å². The minimum atomic E-state index is -0.358. The number of nitrogens with one attached hydrogen (secondary N) is 2. The summed E-state index contributed by atoms with van der Waals surface area (Å²) >= 11 is 11.4. The Morgan fingerprint density at radius 3 is 2.33 bits per heavy atom. The van der Waals surface area contributed by atoms with E-state index >= 15 is 0 Å². The smallest absolute Gasteiger partial charge is 0.257 e. The van der Waals surface area contributed by atoms with Crippen LogP contribution in [0.25, 0.3) is 0 Å². The molecule has 1 aliphatic heterocycles. The van der Waals surface area contributed by atoms with Gasteiger partial charge >= 0.3 is 0 Å². The van der Waals surface area contributed by atoms with Crippen LogP contribution in [0, 0.1) is 5.92 Å². The molecule has 0 atom stereocenters. The van der Waals surface area contributed by atoms with Gasteiger partial charge in [0.05, 0.1) is 11.6 Å². The summed E-state index contributed by atoms with van der Waals surface area (Å²) in [6.45, 7) is 9.26. The van der Waals surface area contributed by atoms with Gasteiger partial charge in [0.2, 0.25) is 5.91 Å². The van der Waals surface area contributed by atoms with Gasteiger partial charge in [-0.2, -0.15) is 0 Å². The van der Waals surface area contributed by atoms with Crippen LogP contribution in [-0.2, 0) is 4.79 Å². The van der Waals surface area contributed by atoms with Gasteiger partial charge in [0.25, 0.3) is 5.91 Å². The van der Waals surface area contributed by atoms with E-state index in [1.807, 2.05) is 49.9 Å². The number of rotatable bonds is 6. The van der Waals surface area contributed by atoms with Crippen LogP contribution in [0.4, 0.5) is 11.4 Å². The molecule has 1 saturated heterocycles. The highest BCUT2D eigenvalue weighted by Crippen LogP contribution is 2.25. The predicted molar refractivity (Wildman–Crippen MR) is 136 cm³/mol. The number of benzene rings is 2. The van der Waals surface area contributed by atoms with Crippen molar-refractivity contribution in [1.82, 2.24) is 10.2 Å². The Labute approximate surface area is 205 Å². The molecule has 176 valence electrons. The van der Waals surface area contributed by atoms with Gasteiger partial charge in [-0.25, -0.2) is 0 Å². The molecule has 0 aromatic heterocycles. The number of thiocarbonyl (C=S) groups is 1. The highest BCUT2D eigenvalue weighted by Gasteiger charge is 2.23. The Hall–Kier alpha value is -2.84. The molecule has 7 nitrogen and oxygen atoms in total. The van der Waals surface area contributed by atoms with Crippen molar-refractivity contribution in [2.45, 2.75) is 20.8 Å². The molecule has 3 rings (SSSR count). The molecule has 0 aliphatic carbocycles. The van der Waals surface area contributed by atoms with Crippen LogP contribution in [0.2, 0.25) is 5.02 Å². The quantitative estimate of drug-likeness (QED) is 0.594. The highest BCUT2D eigenvalue weighted by molar-refractivity contribution is 7.80. The maximum absolute atomic E-state index is 12.5. The number of amides is 2. The fraction of sp³-hybridized carbons (Fsp3) is 0.375. The summed E-state index contributed by atoms with van der Waals surface area (Å²) in [7, 11) is 0. The molecule has 9 heteroatoms. The first-order valence-corrected chi connectivity index (χ1v) is 11.8. The molecule has 2 aromatic rings. The summed E-state index contributed by atoms with van der Waals surface area (Å²) in [6.07, 6.45) is 0. The molecular weight excluding hydrogens is 460 g/mol. The third-order valence-corrected chi connectivity index (χ3v) is 5.80. The van der Waals surface area contributed by atoms with Crippen LogP contribution < -0.4 is 20.3 Å². The first-order valence-electron chi connectivity index (χ1n) is 11.0. The van der Waals surface area contributed by atoms with Gasteiger partial charge in [-0.1, -0.05) is 25.4 Å². The fourth-order valence-corrected chi connectivity index (χ4v) is 4.00. The van der Waals surface area contributed by atoms with E-state index in [-0.39, 0.29) is 22.8 Å². The summed E-state index contributed by atoms with van der Waals surface area (Å²) in [5.41, 5.74) is 2.23. The fourth-order valence-electron chi connectivity index (χ4n) is 3.56. The molecule has 1 aliphatic rings. The molecule has 2 amide bonds. The van der Waals surface area contributed by atoms with Crippen molar-refractivity contribution in [1.29, 1.82) is 0 Å². The number of carbonyl (C=O) groups excluding carboxylic acids is 2. The third kappa shape index (κ3) is 6.58. The maximum atomic E-state index is 12.5. The van der Waals surface area contributed by atoms with Crippen LogP contribution in [0.5, 0.6) is 5.75 Å². The number of anilines is 2. The number of hydrogen-bond donors (Lipinski definition) is 2. The van der Waals surface area contributed by atoms with Crippen molar-refractivity contribution in [3.63, 3.8) is 0 Å².